The van der Waals surface area contributed by atoms with E-state index in [4.69, 9.17) is 11.6 Å². The van der Waals surface area contributed by atoms with Gasteiger partial charge in [0, 0.05) is 17.1 Å². The number of amides is 1. The molecule has 0 aliphatic heterocycles. The summed E-state index contributed by atoms with van der Waals surface area (Å²) in [6, 6.07) is 8.29. The second-order valence-electron chi connectivity index (χ2n) is 3.74. The van der Waals surface area contributed by atoms with E-state index in [1.165, 1.54) is 0 Å². The first-order chi connectivity index (χ1) is 7.16. The highest BCUT2D eigenvalue weighted by atomic mass is 79.9. The van der Waals surface area contributed by atoms with Crippen LogP contribution in [0, 0.1) is 0 Å². The zero-order valence-electron chi connectivity index (χ0n) is 8.12. The molecule has 1 aliphatic rings. The highest BCUT2D eigenvalue weighted by molar-refractivity contribution is 9.10. The first kappa shape index (κ1) is 11.0. The fourth-order valence-electron chi connectivity index (χ4n) is 1.55. The Morgan fingerprint density at radius 1 is 1.53 bits per heavy atom. The molecule has 1 aliphatic carbocycles. The molecule has 0 atom stereocenters. The minimum Gasteiger partial charge on any atom is -0.322 e. The van der Waals surface area contributed by atoms with E-state index in [1.807, 2.05) is 24.3 Å². The van der Waals surface area contributed by atoms with Crippen molar-refractivity contribution in [3.05, 3.63) is 34.3 Å². The number of rotatable bonds is 3. The van der Waals surface area contributed by atoms with Gasteiger partial charge in [-0.1, -0.05) is 28.1 Å². The summed E-state index contributed by atoms with van der Waals surface area (Å²) in [5, 5.41) is -0.350. The Kier molecular flexibility index (Phi) is 3.32. The molecule has 0 aromatic heterocycles. The van der Waals surface area contributed by atoms with E-state index in [-0.39, 0.29) is 5.37 Å². The quantitative estimate of drug-likeness (QED) is 0.612. The zero-order valence-corrected chi connectivity index (χ0v) is 10.5. The number of halogens is 2. The lowest BCUT2D eigenvalue weighted by Crippen LogP contribution is -2.27. The van der Waals surface area contributed by atoms with E-state index in [0.717, 1.165) is 22.9 Å². The summed E-state index contributed by atoms with van der Waals surface area (Å²) in [5.74, 6) is 0. The average molecular weight is 289 g/mol. The summed E-state index contributed by atoms with van der Waals surface area (Å²) < 4.78 is 1.03. The third-order valence-electron chi connectivity index (χ3n) is 2.46. The summed E-state index contributed by atoms with van der Waals surface area (Å²) >= 11 is 8.95. The van der Waals surface area contributed by atoms with Crippen LogP contribution in [0.25, 0.3) is 0 Å². The number of carbonyl (C=O) groups is 1. The molecule has 1 aromatic rings. The highest BCUT2D eigenvalue weighted by Gasteiger charge is 2.31. The Balaban J connectivity index is 2.08. The van der Waals surface area contributed by atoms with Crippen LogP contribution in [-0.2, 0) is 6.54 Å². The monoisotopic (exact) mass is 287 g/mol. The number of carbonyl (C=O) groups excluding carboxylic acids is 1. The molecule has 0 radical (unpaired) electrons. The van der Waals surface area contributed by atoms with Gasteiger partial charge in [0.05, 0.1) is 0 Å². The van der Waals surface area contributed by atoms with Gasteiger partial charge < -0.3 is 4.90 Å². The molecule has 0 bridgehead atoms. The van der Waals surface area contributed by atoms with Crippen LogP contribution in [0.4, 0.5) is 4.79 Å². The molecule has 1 fully saturated rings. The van der Waals surface area contributed by atoms with Gasteiger partial charge in [0.2, 0.25) is 0 Å². The van der Waals surface area contributed by atoms with E-state index >= 15 is 0 Å². The lowest BCUT2D eigenvalue weighted by molar-refractivity contribution is 0.216. The molecule has 15 heavy (non-hydrogen) atoms. The molecule has 0 saturated heterocycles. The summed E-state index contributed by atoms with van der Waals surface area (Å²) in [6.45, 7) is 0.604. The Labute approximate surface area is 102 Å². The fraction of sp³-hybridized carbons (Fsp3) is 0.364. The maximum absolute atomic E-state index is 11.2. The Morgan fingerprint density at radius 2 is 2.27 bits per heavy atom. The molecule has 4 heteroatoms. The third kappa shape index (κ3) is 2.95. The number of nitrogens with zero attached hydrogens (tertiary/aromatic N) is 1. The van der Waals surface area contributed by atoms with Crippen LogP contribution in [0.3, 0.4) is 0 Å². The van der Waals surface area contributed by atoms with Crippen molar-refractivity contribution in [2.75, 3.05) is 0 Å². The van der Waals surface area contributed by atoms with Crippen molar-refractivity contribution in [1.29, 1.82) is 0 Å². The zero-order chi connectivity index (χ0) is 10.8. The first-order valence-electron chi connectivity index (χ1n) is 4.87. The predicted molar refractivity (Wildman–Crippen MR) is 64.0 cm³/mol. The lowest BCUT2D eigenvalue weighted by Gasteiger charge is -2.19. The third-order valence-corrected chi connectivity index (χ3v) is 3.17. The van der Waals surface area contributed by atoms with Crippen molar-refractivity contribution in [3.63, 3.8) is 0 Å². The van der Waals surface area contributed by atoms with Crippen LogP contribution >= 0.6 is 27.5 Å². The van der Waals surface area contributed by atoms with Crippen LogP contribution in [0.5, 0.6) is 0 Å². The van der Waals surface area contributed by atoms with Crippen molar-refractivity contribution in [3.8, 4) is 0 Å². The predicted octanol–water partition coefficient (Wildman–Crippen LogP) is 3.77. The molecule has 2 rings (SSSR count). The molecule has 0 N–H and O–H groups in total. The molecule has 80 valence electrons. The fourth-order valence-corrected chi connectivity index (χ4v) is 2.20. The standard InChI is InChI=1S/C11H11BrClNO/c12-9-3-1-2-8(6-9)7-14(11(13)15)10-4-5-10/h1-3,6,10H,4-5,7H2. The maximum Gasteiger partial charge on any atom is 0.316 e. The van der Waals surface area contributed by atoms with E-state index in [1.54, 1.807) is 4.90 Å². The normalized spacial score (nSPS) is 15.1. The van der Waals surface area contributed by atoms with Crippen LogP contribution in [0.1, 0.15) is 18.4 Å². The Bertz CT molecular complexity index is 379. The van der Waals surface area contributed by atoms with Crippen molar-refractivity contribution in [2.45, 2.75) is 25.4 Å². The van der Waals surface area contributed by atoms with Crippen LogP contribution in [0.15, 0.2) is 28.7 Å². The Morgan fingerprint density at radius 3 is 2.80 bits per heavy atom. The van der Waals surface area contributed by atoms with Gasteiger partial charge in [0.15, 0.2) is 0 Å². The molecule has 0 spiro atoms. The molecule has 0 unspecified atom stereocenters. The van der Waals surface area contributed by atoms with Gasteiger partial charge in [-0.25, -0.2) is 0 Å². The molecule has 1 saturated carbocycles. The molecule has 0 heterocycles. The van der Waals surface area contributed by atoms with Gasteiger partial charge in [-0.15, -0.1) is 0 Å². The number of hydrogen-bond donors (Lipinski definition) is 0. The van der Waals surface area contributed by atoms with Crippen molar-refractivity contribution < 1.29 is 4.79 Å². The van der Waals surface area contributed by atoms with Crippen molar-refractivity contribution in [2.24, 2.45) is 0 Å². The highest BCUT2D eigenvalue weighted by Crippen LogP contribution is 2.29. The van der Waals surface area contributed by atoms with Crippen LogP contribution < -0.4 is 0 Å². The SMILES string of the molecule is O=C(Cl)N(Cc1cccc(Br)c1)C1CC1. The van der Waals surface area contributed by atoms with Gasteiger partial charge in [-0.2, -0.15) is 0 Å². The molecule has 2 nitrogen and oxygen atoms in total. The number of benzene rings is 1. The summed E-state index contributed by atoms with van der Waals surface area (Å²) in [6.07, 6.45) is 2.15. The second-order valence-corrected chi connectivity index (χ2v) is 4.98. The smallest absolute Gasteiger partial charge is 0.316 e. The van der Waals surface area contributed by atoms with E-state index in [9.17, 15) is 4.79 Å². The van der Waals surface area contributed by atoms with Crippen molar-refractivity contribution in [1.82, 2.24) is 4.90 Å². The minimum absolute atomic E-state index is 0.350. The first-order valence-corrected chi connectivity index (χ1v) is 6.04. The van der Waals surface area contributed by atoms with Crippen LogP contribution in [-0.4, -0.2) is 16.3 Å². The topological polar surface area (TPSA) is 20.3 Å². The second kappa shape index (κ2) is 4.54. The van der Waals surface area contributed by atoms with E-state index in [0.29, 0.717) is 12.6 Å². The van der Waals surface area contributed by atoms with Gasteiger partial charge in [0.25, 0.3) is 0 Å². The summed E-state index contributed by atoms with van der Waals surface area (Å²) in [7, 11) is 0. The largest absolute Gasteiger partial charge is 0.322 e. The number of hydrogen-bond acceptors (Lipinski definition) is 1. The van der Waals surface area contributed by atoms with Gasteiger partial charge >= 0.3 is 5.37 Å². The summed E-state index contributed by atoms with van der Waals surface area (Å²) in [5.41, 5.74) is 1.10. The summed E-state index contributed by atoms with van der Waals surface area (Å²) in [4.78, 5) is 12.9. The lowest BCUT2D eigenvalue weighted by atomic mass is 10.2. The van der Waals surface area contributed by atoms with Gasteiger partial charge in [0.1, 0.15) is 0 Å². The molecular weight excluding hydrogens is 277 g/mol. The molecule has 1 amide bonds. The van der Waals surface area contributed by atoms with E-state index in [2.05, 4.69) is 15.9 Å². The molecular formula is C11H11BrClNO. The average Bonchev–Trinajstić information content (AvgIpc) is 2.97. The van der Waals surface area contributed by atoms with Gasteiger partial charge in [-0.05, 0) is 42.1 Å². The molecule has 1 aromatic carbocycles. The maximum atomic E-state index is 11.2. The van der Waals surface area contributed by atoms with Crippen molar-refractivity contribution >= 4 is 32.9 Å². The van der Waals surface area contributed by atoms with Crippen LogP contribution in [0.2, 0.25) is 0 Å². The Hall–Kier alpha value is -0.540. The van der Waals surface area contributed by atoms with E-state index < -0.39 is 0 Å². The minimum atomic E-state index is -0.350. The van der Waals surface area contributed by atoms with Gasteiger partial charge in [-0.3, -0.25) is 4.79 Å².